The fourth-order valence-electron chi connectivity index (χ4n) is 2.89. The number of unbranched alkanes of at least 4 members (excludes halogenated alkanes) is 5. The maximum Gasteiger partial charge on any atom is 0.140 e. The molecule has 1 fully saturated rings. The van der Waals surface area contributed by atoms with Crippen LogP contribution in [0.2, 0.25) is 0 Å². The average Bonchev–Trinajstić information content (AvgIpc) is 2.65. The Hall–Kier alpha value is -0.370. The van der Waals surface area contributed by atoms with Crippen LogP contribution in [0.25, 0.3) is 0 Å². The van der Waals surface area contributed by atoms with Crippen molar-refractivity contribution in [3.63, 3.8) is 0 Å². The highest BCUT2D eigenvalue weighted by Crippen LogP contribution is 2.38. The second-order valence-electron chi connectivity index (χ2n) is 5.86. The van der Waals surface area contributed by atoms with Crippen LogP contribution in [0, 0.1) is 5.41 Å². The van der Waals surface area contributed by atoms with Crippen molar-refractivity contribution in [2.24, 2.45) is 11.1 Å². The van der Waals surface area contributed by atoms with E-state index in [0.717, 1.165) is 32.1 Å². The van der Waals surface area contributed by atoms with E-state index in [1.807, 2.05) is 0 Å². The maximum atomic E-state index is 12.2. The molecule has 0 saturated heterocycles. The van der Waals surface area contributed by atoms with Gasteiger partial charge < -0.3 is 5.73 Å². The lowest BCUT2D eigenvalue weighted by Crippen LogP contribution is -2.41. The molecule has 1 aliphatic rings. The molecular weight excluding hydrogens is 210 g/mol. The minimum absolute atomic E-state index is 0.107. The minimum Gasteiger partial charge on any atom is -0.327 e. The molecule has 0 amide bonds. The third-order valence-electron chi connectivity index (χ3n) is 4.42. The largest absolute Gasteiger partial charge is 0.327 e. The maximum absolute atomic E-state index is 12.2. The quantitative estimate of drug-likeness (QED) is 0.654. The average molecular weight is 239 g/mol. The Bertz CT molecular complexity index is 239. The molecule has 0 aromatic carbocycles. The van der Waals surface area contributed by atoms with Crippen molar-refractivity contribution in [3.05, 3.63) is 0 Å². The normalized spacial score (nSPS) is 28.5. The van der Waals surface area contributed by atoms with Crippen LogP contribution in [0.3, 0.4) is 0 Å². The molecule has 100 valence electrons. The van der Waals surface area contributed by atoms with E-state index in [2.05, 4.69) is 13.8 Å². The summed E-state index contributed by atoms with van der Waals surface area (Å²) in [6.07, 6.45) is 11.4. The van der Waals surface area contributed by atoms with Gasteiger partial charge in [0.15, 0.2) is 0 Å². The van der Waals surface area contributed by atoms with Gasteiger partial charge in [0.1, 0.15) is 5.78 Å². The van der Waals surface area contributed by atoms with Gasteiger partial charge in [0.25, 0.3) is 0 Å². The number of rotatable bonds is 8. The van der Waals surface area contributed by atoms with E-state index in [9.17, 15) is 4.79 Å². The van der Waals surface area contributed by atoms with E-state index in [-0.39, 0.29) is 11.5 Å². The van der Waals surface area contributed by atoms with E-state index in [1.54, 1.807) is 0 Å². The minimum atomic E-state index is -0.205. The Morgan fingerprint density at radius 1 is 1.24 bits per heavy atom. The van der Waals surface area contributed by atoms with Crippen molar-refractivity contribution in [2.75, 3.05) is 0 Å². The van der Waals surface area contributed by atoms with E-state index in [4.69, 9.17) is 5.73 Å². The summed E-state index contributed by atoms with van der Waals surface area (Å²) in [6.45, 7) is 4.30. The van der Waals surface area contributed by atoms with Gasteiger partial charge in [-0.1, -0.05) is 52.4 Å². The van der Waals surface area contributed by atoms with E-state index < -0.39 is 0 Å². The molecule has 0 spiro atoms. The third kappa shape index (κ3) is 4.09. The number of hydrogen-bond donors (Lipinski definition) is 1. The van der Waals surface area contributed by atoms with Crippen LogP contribution in [0.5, 0.6) is 0 Å². The number of carbonyl (C=O) groups is 1. The molecule has 17 heavy (non-hydrogen) atoms. The predicted molar refractivity (Wildman–Crippen MR) is 72.9 cm³/mol. The van der Waals surface area contributed by atoms with Gasteiger partial charge in [-0.15, -0.1) is 0 Å². The third-order valence-corrected chi connectivity index (χ3v) is 4.42. The summed E-state index contributed by atoms with van der Waals surface area (Å²) in [4.78, 5) is 12.2. The Morgan fingerprint density at radius 2 is 1.88 bits per heavy atom. The molecule has 2 heteroatoms. The molecule has 0 bridgehead atoms. The Labute approximate surface area is 106 Å². The van der Waals surface area contributed by atoms with Crippen LogP contribution in [-0.4, -0.2) is 11.8 Å². The Morgan fingerprint density at radius 3 is 2.47 bits per heavy atom. The van der Waals surface area contributed by atoms with E-state index in [0.29, 0.717) is 5.78 Å². The van der Waals surface area contributed by atoms with Crippen LogP contribution >= 0.6 is 0 Å². The Kier molecular flexibility index (Phi) is 6.18. The number of Topliss-reactive ketones (excluding diaryl/α,β-unsaturated/α-hetero) is 1. The topological polar surface area (TPSA) is 43.1 Å². The van der Waals surface area contributed by atoms with Crippen LogP contribution < -0.4 is 5.73 Å². The predicted octanol–water partition coefficient (Wildman–Crippen LogP) is 3.82. The molecule has 2 atom stereocenters. The smallest absolute Gasteiger partial charge is 0.140 e. The summed E-state index contributed by atoms with van der Waals surface area (Å²) >= 11 is 0. The first-order chi connectivity index (χ1) is 8.11. The molecule has 1 saturated carbocycles. The van der Waals surface area contributed by atoms with Crippen molar-refractivity contribution in [1.82, 2.24) is 0 Å². The lowest BCUT2D eigenvalue weighted by Gasteiger charge is -2.27. The molecule has 2 nitrogen and oxygen atoms in total. The van der Waals surface area contributed by atoms with Crippen LogP contribution in [-0.2, 0) is 4.79 Å². The molecule has 0 heterocycles. The SMILES string of the molecule is CCCCCCCCC(=O)C1(C)CCCC1N. The number of carbonyl (C=O) groups excluding carboxylic acids is 1. The van der Waals surface area contributed by atoms with Gasteiger partial charge in [-0.2, -0.15) is 0 Å². The van der Waals surface area contributed by atoms with Crippen molar-refractivity contribution in [1.29, 1.82) is 0 Å². The van der Waals surface area contributed by atoms with Crippen LogP contribution in [0.1, 0.15) is 78.1 Å². The first-order valence-electron chi connectivity index (χ1n) is 7.40. The first kappa shape index (κ1) is 14.7. The lowest BCUT2D eigenvalue weighted by atomic mass is 9.79. The van der Waals surface area contributed by atoms with Gasteiger partial charge in [0, 0.05) is 17.9 Å². The summed E-state index contributed by atoms with van der Waals surface area (Å²) in [7, 11) is 0. The molecule has 0 aromatic rings. The summed E-state index contributed by atoms with van der Waals surface area (Å²) in [6, 6.07) is 0.107. The molecular formula is C15H29NO. The zero-order valence-electron chi connectivity index (χ0n) is 11.6. The van der Waals surface area contributed by atoms with Gasteiger partial charge in [0.05, 0.1) is 0 Å². The molecule has 0 aliphatic heterocycles. The highest BCUT2D eigenvalue weighted by atomic mass is 16.1. The van der Waals surface area contributed by atoms with E-state index in [1.165, 1.54) is 32.1 Å². The van der Waals surface area contributed by atoms with E-state index >= 15 is 0 Å². The van der Waals surface area contributed by atoms with Crippen LogP contribution in [0.4, 0.5) is 0 Å². The molecule has 2 N–H and O–H groups in total. The molecule has 1 rings (SSSR count). The first-order valence-corrected chi connectivity index (χ1v) is 7.40. The summed E-state index contributed by atoms with van der Waals surface area (Å²) in [5.41, 5.74) is 5.86. The Balaban J connectivity index is 2.16. The van der Waals surface area contributed by atoms with Crippen molar-refractivity contribution in [3.8, 4) is 0 Å². The van der Waals surface area contributed by atoms with Gasteiger partial charge in [-0.3, -0.25) is 4.79 Å². The van der Waals surface area contributed by atoms with Gasteiger partial charge in [0.2, 0.25) is 0 Å². The van der Waals surface area contributed by atoms with Gasteiger partial charge >= 0.3 is 0 Å². The molecule has 1 aliphatic carbocycles. The van der Waals surface area contributed by atoms with Gasteiger partial charge in [-0.25, -0.2) is 0 Å². The number of nitrogens with two attached hydrogens (primary N) is 1. The molecule has 0 aromatic heterocycles. The zero-order valence-corrected chi connectivity index (χ0v) is 11.6. The summed E-state index contributed by atoms with van der Waals surface area (Å²) < 4.78 is 0. The number of hydrogen-bond acceptors (Lipinski definition) is 2. The monoisotopic (exact) mass is 239 g/mol. The molecule has 0 radical (unpaired) electrons. The lowest BCUT2D eigenvalue weighted by molar-refractivity contribution is -0.128. The summed E-state index contributed by atoms with van der Waals surface area (Å²) in [5.74, 6) is 0.415. The second kappa shape index (κ2) is 7.15. The van der Waals surface area contributed by atoms with Crippen LogP contribution in [0.15, 0.2) is 0 Å². The highest BCUT2D eigenvalue weighted by Gasteiger charge is 2.41. The standard InChI is InChI=1S/C15H29NO/c1-3-4-5-6-7-8-11-14(17)15(2)12-9-10-13(15)16/h13H,3-12,16H2,1-2H3. The second-order valence-corrected chi connectivity index (χ2v) is 5.86. The van der Waals surface area contributed by atoms with Gasteiger partial charge in [-0.05, 0) is 19.3 Å². The zero-order chi connectivity index (χ0) is 12.7. The molecule has 2 unspecified atom stereocenters. The summed E-state index contributed by atoms with van der Waals surface area (Å²) in [5, 5.41) is 0. The number of ketones is 1. The fourth-order valence-corrected chi connectivity index (χ4v) is 2.89. The van der Waals surface area contributed by atoms with Crippen molar-refractivity contribution >= 4 is 5.78 Å². The highest BCUT2D eigenvalue weighted by molar-refractivity contribution is 5.85. The fraction of sp³-hybridized carbons (Fsp3) is 0.933. The van der Waals surface area contributed by atoms with Crippen molar-refractivity contribution < 1.29 is 4.79 Å². The van der Waals surface area contributed by atoms with Crippen molar-refractivity contribution in [2.45, 2.75) is 84.1 Å².